The number of methoxy groups -OCH3 is 3. The summed E-state index contributed by atoms with van der Waals surface area (Å²) < 4.78 is 15.4. The van der Waals surface area contributed by atoms with E-state index in [2.05, 4.69) is 0 Å². The van der Waals surface area contributed by atoms with Crippen molar-refractivity contribution in [2.75, 3.05) is 21.3 Å². The maximum atomic E-state index is 10.8. The Morgan fingerprint density at radius 3 is 2.16 bits per heavy atom. The minimum absolute atomic E-state index is 0.303. The number of carboxylic acid groups (broad SMARTS) is 1. The van der Waals surface area contributed by atoms with Gasteiger partial charge in [-0.2, -0.15) is 5.26 Å². The maximum Gasteiger partial charge on any atom is 0.305 e. The highest BCUT2D eigenvalue weighted by molar-refractivity contribution is 5.69. The first-order valence-electron chi connectivity index (χ1n) is 5.48. The molecule has 6 heteroatoms. The molecule has 0 saturated heterocycles. The average molecular weight is 265 g/mol. The molecule has 0 aliphatic rings. The molecular formula is C13H15NO5. The van der Waals surface area contributed by atoms with Gasteiger partial charge in [0.15, 0.2) is 11.5 Å². The Morgan fingerprint density at radius 2 is 1.74 bits per heavy atom. The number of rotatable bonds is 6. The molecule has 1 unspecified atom stereocenters. The summed E-state index contributed by atoms with van der Waals surface area (Å²) in [5.41, 5.74) is 0.463. The van der Waals surface area contributed by atoms with Crippen LogP contribution in [0.5, 0.6) is 17.2 Å². The van der Waals surface area contributed by atoms with Crippen molar-refractivity contribution in [3.8, 4) is 23.3 Å². The van der Waals surface area contributed by atoms with Crippen molar-refractivity contribution in [3.05, 3.63) is 17.7 Å². The molecule has 1 atom stereocenters. The number of nitriles is 1. The Morgan fingerprint density at radius 1 is 1.21 bits per heavy atom. The van der Waals surface area contributed by atoms with Crippen molar-refractivity contribution in [2.45, 2.75) is 12.3 Å². The quantitative estimate of drug-likeness (QED) is 0.843. The Labute approximate surface area is 111 Å². The smallest absolute Gasteiger partial charge is 0.305 e. The number of hydrogen-bond acceptors (Lipinski definition) is 5. The number of benzene rings is 1. The highest BCUT2D eigenvalue weighted by Gasteiger charge is 2.22. The minimum Gasteiger partial charge on any atom is -0.496 e. The molecule has 1 aromatic rings. The number of carboxylic acids is 1. The molecule has 19 heavy (non-hydrogen) atoms. The fraction of sp³-hybridized carbons (Fsp3) is 0.385. The first kappa shape index (κ1) is 14.6. The van der Waals surface area contributed by atoms with E-state index in [-0.39, 0.29) is 6.42 Å². The molecule has 0 amide bonds. The van der Waals surface area contributed by atoms with Crippen molar-refractivity contribution >= 4 is 5.97 Å². The summed E-state index contributed by atoms with van der Waals surface area (Å²) in [5.74, 6) is -0.597. The summed E-state index contributed by atoms with van der Waals surface area (Å²) in [4.78, 5) is 10.8. The largest absolute Gasteiger partial charge is 0.496 e. The van der Waals surface area contributed by atoms with Crippen LogP contribution >= 0.6 is 0 Å². The van der Waals surface area contributed by atoms with Gasteiger partial charge in [0.25, 0.3) is 0 Å². The lowest BCUT2D eigenvalue weighted by molar-refractivity contribution is -0.137. The van der Waals surface area contributed by atoms with Gasteiger partial charge < -0.3 is 19.3 Å². The second-order valence-electron chi connectivity index (χ2n) is 3.73. The Kier molecular flexibility index (Phi) is 5.01. The molecule has 0 bridgehead atoms. The summed E-state index contributed by atoms with van der Waals surface area (Å²) in [6.07, 6.45) is -0.303. The summed E-state index contributed by atoms with van der Waals surface area (Å²) >= 11 is 0. The first-order chi connectivity index (χ1) is 9.07. The fourth-order valence-electron chi connectivity index (χ4n) is 1.72. The summed E-state index contributed by atoms with van der Waals surface area (Å²) in [5, 5.41) is 17.9. The molecule has 1 rings (SSSR count). The average Bonchev–Trinajstić information content (AvgIpc) is 2.42. The Balaban J connectivity index is 3.31. The fourth-order valence-corrected chi connectivity index (χ4v) is 1.72. The molecule has 6 nitrogen and oxygen atoms in total. The van der Waals surface area contributed by atoms with Crippen LogP contribution in [-0.4, -0.2) is 32.4 Å². The normalized spacial score (nSPS) is 11.3. The van der Waals surface area contributed by atoms with Crippen LogP contribution in [0.25, 0.3) is 0 Å². The van der Waals surface area contributed by atoms with E-state index in [1.54, 1.807) is 12.1 Å². The first-order valence-corrected chi connectivity index (χ1v) is 5.48. The lowest BCUT2D eigenvalue weighted by Crippen LogP contribution is -2.07. The van der Waals surface area contributed by atoms with E-state index >= 15 is 0 Å². The van der Waals surface area contributed by atoms with Gasteiger partial charge in [-0.3, -0.25) is 4.79 Å². The van der Waals surface area contributed by atoms with Crippen molar-refractivity contribution < 1.29 is 24.1 Å². The van der Waals surface area contributed by atoms with E-state index in [9.17, 15) is 4.79 Å². The molecule has 0 radical (unpaired) electrons. The van der Waals surface area contributed by atoms with Gasteiger partial charge in [-0.05, 0) is 6.07 Å². The minimum atomic E-state index is -1.05. The van der Waals surface area contributed by atoms with Gasteiger partial charge in [0.1, 0.15) is 5.75 Å². The van der Waals surface area contributed by atoms with E-state index in [0.717, 1.165) is 0 Å². The van der Waals surface area contributed by atoms with E-state index < -0.39 is 11.9 Å². The van der Waals surface area contributed by atoms with Crippen LogP contribution in [0.2, 0.25) is 0 Å². The summed E-state index contributed by atoms with van der Waals surface area (Å²) in [6, 6.07) is 5.09. The maximum absolute atomic E-state index is 10.8. The van der Waals surface area contributed by atoms with Crippen molar-refractivity contribution in [2.24, 2.45) is 0 Å². The van der Waals surface area contributed by atoms with Gasteiger partial charge in [-0.1, -0.05) is 0 Å². The summed E-state index contributed by atoms with van der Waals surface area (Å²) in [6.45, 7) is 0. The zero-order chi connectivity index (χ0) is 14.4. The Bertz CT molecular complexity index is 506. The monoisotopic (exact) mass is 265 g/mol. The molecule has 0 spiro atoms. The molecule has 0 aliphatic carbocycles. The second kappa shape index (κ2) is 6.50. The Hall–Kier alpha value is -2.42. The van der Waals surface area contributed by atoms with E-state index in [4.69, 9.17) is 24.6 Å². The molecular weight excluding hydrogens is 250 g/mol. The van der Waals surface area contributed by atoms with Gasteiger partial charge in [0.2, 0.25) is 0 Å². The van der Waals surface area contributed by atoms with Crippen molar-refractivity contribution in [1.82, 2.24) is 0 Å². The van der Waals surface area contributed by atoms with Crippen molar-refractivity contribution in [3.63, 3.8) is 0 Å². The highest BCUT2D eigenvalue weighted by Crippen LogP contribution is 2.38. The molecule has 0 aromatic heterocycles. The molecule has 0 aliphatic heterocycles. The van der Waals surface area contributed by atoms with Gasteiger partial charge in [0.05, 0.1) is 39.7 Å². The van der Waals surface area contributed by atoms with E-state index in [1.807, 2.05) is 6.07 Å². The highest BCUT2D eigenvalue weighted by atomic mass is 16.5. The van der Waals surface area contributed by atoms with E-state index in [0.29, 0.717) is 22.8 Å². The zero-order valence-corrected chi connectivity index (χ0v) is 11.0. The predicted molar refractivity (Wildman–Crippen MR) is 66.7 cm³/mol. The standard InChI is InChI=1S/C13H15NO5/c1-17-10-6-12(19-3)11(18-2)5-9(10)8(7-14)4-13(15)16/h5-6,8H,4H2,1-3H3,(H,15,16). The zero-order valence-electron chi connectivity index (χ0n) is 11.0. The predicted octanol–water partition coefficient (Wildman–Crippen LogP) is 1.79. The topological polar surface area (TPSA) is 88.8 Å². The second-order valence-corrected chi connectivity index (χ2v) is 3.73. The lowest BCUT2D eigenvalue weighted by atomic mass is 9.95. The van der Waals surface area contributed by atoms with Gasteiger partial charge in [-0.15, -0.1) is 0 Å². The molecule has 0 saturated carbocycles. The van der Waals surface area contributed by atoms with Crippen LogP contribution in [0.1, 0.15) is 17.9 Å². The lowest BCUT2D eigenvalue weighted by Gasteiger charge is -2.16. The van der Waals surface area contributed by atoms with Gasteiger partial charge in [0, 0.05) is 11.6 Å². The number of ether oxygens (including phenoxy) is 3. The molecule has 0 fully saturated rings. The van der Waals surface area contributed by atoms with Crippen LogP contribution in [-0.2, 0) is 4.79 Å². The molecule has 1 aromatic carbocycles. The third-order valence-electron chi connectivity index (χ3n) is 2.65. The number of aliphatic carboxylic acids is 1. The van der Waals surface area contributed by atoms with Crippen LogP contribution < -0.4 is 14.2 Å². The van der Waals surface area contributed by atoms with Crippen LogP contribution in [0.15, 0.2) is 12.1 Å². The van der Waals surface area contributed by atoms with Crippen LogP contribution in [0, 0.1) is 11.3 Å². The van der Waals surface area contributed by atoms with Gasteiger partial charge in [-0.25, -0.2) is 0 Å². The number of carbonyl (C=O) groups is 1. The summed E-state index contributed by atoms with van der Waals surface area (Å²) in [7, 11) is 4.39. The third-order valence-corrected chi connectivity index (χ3v) is 2.65. The van der Waals surface area contributed by atoms with Gasteiger partial charge >= 0.3 is 5.97 Å². The van der Waals surface area contributed by atoms with E-state index in [1.165, 1.54) is 21.3 Å². The molecule has 1 N–H and O–H groups in total. The van der Waals surface area contributed by atoms with Crippen LogP contribution in [0.4, 0.5) is 0 Å². The number of hydrogen-bond donors (Lipinski definition) is 1. The SMILES string of the molecule is COc1cc(OC)c(C(C#N)CC(=O)O)cc1OC. The molecule has 0 heterocycles. The number of nitrogens with zero attached hydrogens (tertiary/aromatic N) is 1. The molecule has 102 valence electrons. The van der Waals surface area contributed by atoms with Crippen LogP contribution in [0.3, 0.4) is 0 Å². The van der Waals surface area contributed by atoms with Crippen molar-refractivity contribution in [1.29, 1.82) is 5.26 Å². The third kappa shape index (κ3) is 3.28.